The normalized spacial score (nSPS) is 28.9. The Hall–Kier alpha value is -1.06. The van der Waals surface area contributed by atoms with Crippen LogP contribution in [0.2, 0.25) is 5.02 Å². The number of nitrogens with one attached hydrogen (secondary N) is 1. The van der Waals surface area contributed by atoms with Crippen molar-refractivity contribution in [3.63, 3.8) is 0 Å². The van der Waals surface area contributed by atoms with Crippen LogP contribution in [0, 0.1) is 0 Å². The number of halogens is 1. The van der Waals surface area contributed by atoms with Gasteiger partial charge in [0.05, 0.1) is 6.04 Å². The van der Waals surface area contributed by atoms with Crippen molar-refractivity contribution < 1.29 is 4.79 Å². The maximum absolute atomic E-state index is 11.9. The van der Waals surface area contributed by atoms with E-state index in [0.717, 1.165) is 36.4 Å². The van der Waals surface area contributed by atoms with E-state index in [1.807, 2.05) is 24.3 Å². The molecule has 2 aliphatic rings. The van der Waals surface area contributed by atoms with Gasteiger partial charge in [0, 0.05) is 17.1 Å². The minimum atomic E-state index is -0.0403. The van der Waals surface area contributed by atoms with Gasteiger partial charge in [-0.15, -0.1) is 0 Å². The second-order valence-corrected chi connectivity index (χ2v) is 5.09. The van der Waals surface area contributed by atoms with E-state index in [1.165, 1.54) is 0 Å². The number of carbonyl (C=O) groups excluding carboxylic acids is 1. The van der Waals surface area contributed by atoms with Crippen molar-refractivity contribution in [1.29, 1.82) is 0 Å². The molecule has 0 saturated carbocycles. The first kappa shape index (κ1) is 11.1. The minimum absolute atomic E-state index is 0.0403. The molecule has 17 heavy (non-hydrogen) atoms. The van der Waals surface area contributed by atoms with Gasteiger partial charge in [0.2, 0.25) is 5.91 Å². The first-order valence-electron chi connectivity index (χ1n) is 6.08. The summed E-state index contributed by atoms with van der Waals surface area (Å²) in [4.78, 5) is 14.2. The Morgan fingerprint density at radius 3 is 2.94 bits per heavy atom. The lowest BCUT2D eigenvalue weighted by Crippen LogP contribution is -2.38. The molecule has 2 unspecified atom stereocenters. The Labute approximate surface area is 106 Å². The lowest BCUT2D eigenvalue weighted by molar-refractivity contribution is -0.122. The molecule has 1 aromatic carbocycles. The van der Waals surface area contributed by atoms with Gasteiger partial charge in [-0.25, -0.2) is 0 Å². The molecule has 2 aliphatic heterocycles. The molecule has 1 amide bonds. The molecule has 1 aromatic rings. The predicted octanol–water partition coefficient (Wildman–Crippen LogP) is 2.32. The van der Waals surface area contributed by atoms with Crippen molar-refractivity contribution >= 4 is 17.5 Å². The van der Waals surface area contributed by atoms with Gasteiger partial charge in [-0.05, 0) is 18.9 Å². The lowest BCUT2D eigenvalue weighted by atomic mass is 10.0. The summed E-state index contributed by atoms with van der Waals surface area (Å²) in [6.07, 6.45) is 3.23. The Morgan fingerprint density at radius 2 is 2.12 bits per heavy atom. The molecule has 3 nitrogen and oxygen atoms in total. The van der Waals surface area contributed by atoms with Gasteiger partial charge in [-0.1, -0.05) is 36.2 Å². The zero-order chi connectivity index (χ0) is 11.8. The number of piperidine rings is 1. The van der Waals surface area contributed by atoms with Crippen LogP contribution in [0.1, 0.15) is 31.0 Å². The number of nitrogens with zero attached hydrogens (tertiary/aromatic N) is 1. The quantitative estimate of drug-likeness (QED) is 0.830. The van der Waals surface area contributed by atoms with Gasteiger partial charge in [0.1, 0.15) is 6.17 Å². The minimum Gasteiger partial charge on any atom is -0.335 e. The molecular weight excluding hydrogens is 236 g/mol. The monoisotopic (exact) mass is 250 g/mol. The first-order chi connectivity index (χ1) is 8.27. The summed E-state index contributed by atoms with van der Waals surface area (Å²) in [6.45, 7) is 0.972. The molecular formula is C13H15ClN2O. The van der Waals surface area contributed by atoms with Gasteiger partial charge < -0.3 is 5.32 Å². The summed E-state index contributed by atoms with van der Waals surface area (Å²) in [5, 5.41) is 3.78. The second-order valence-electron chi connectivity index (χ2n) is 4.68. The maximum atomic E-state index is 11.9. The molecule has 0 radical (unpaired) electrons. The van der Waals surface area contributed by atoms with E-state index in [-0.39, 0.29) is 18.1 Å². The summed E-state index contributed by atoms with van der Waals surface area (Å²) >= 11 is 6.21. The summed E-state index contributed by atoms with van der Waals surface area (Å²) in [7, 11) is 0. The van der Waals surface area contributed by atoms with Gasteiger partial charge in [-0.3, -0.25) is 9.69 Å². The summed E-state index contributed by atoms with van der Waals surface area (Å²) in [6, 6.07) is 7.79. The Balaban J connectivity index is 1.94. The molecule has 2 saturated heterocycles. The number of benzene rings is 1. The van der Waals surface area contributed by atoms with Gasteiger partial charge in [0.15, 0.2) is 0 Å². The van der Waals surface area contributed by atoms with Gasteiger partial charge in [-0.2, -0.15) is 0 Å². The van der Waals surface area contributed by atoms with Crippen LogP contribution in [-0.4, -0.2) is 23.4 Å². The molecule has 0 bridgehead atoms. The third kappa shape index (κ3) is 1.83. The molecule has 3 rings (SSSR count). The number of fused-ring (bicyclic) bond motifs is 1. The highest BCUT2D eigenvalue weighted by atomic mass is 35.5. The number of hydrogen-bond acceptors (Lipinski definition) is 2. The lowest BCUT2D eigenvalue weighted by Gasteiger charge is -2.31. The number of amides is 1. The van der Waals surface area contributed by atoms with Crippen molar-refractivity contribution in [2.45, 2.75) is 31.5 Å². The fraction of sp³-hybridized carbons (Fsp3) is 0.462. The Kier molecular flexibility index (Phi) is 2.81. The highest BCUT2D eigenvalue weighted by molar-refractivity contribution is 6.31. The van der Waals surface area contributed by atoms with Crippen molar-refractivity contribution in [3.8, 4) is 0 Å². The molecule has 0 spiro atoms. The van der Waals surface area contributed by atoms with Crippen LogP contribution in [0.3, 0.4) is 0 Å². The Bertz CT molecular complexity index is 449. The van der Waals surface area contributed by atoms with E-state index < -0.39 is 0 Å². The van der Waals surface area contributed by atoms with Crippen LogP contribution in [0.4, 0.5) is 0 Å². The van der Waals surface area contributed by atoms with E-state index in [9.17, 15) is 4.79 Å². The van der Waals surface area contributed by atoms with Crippen LogP contribution in [0.15, 0.2) is 24.3 Å². The molecule has 2 heterocycles. The SMILES string of the molecule is O=C1NC(c2ccccc2Cl)N2CCCCC12. The van der Waals surface area contributed by atoms with Crippen molar-refractivity contribution in [3.05, 3.63) is 34.9 Å². The van der Waals surface area contributed by atoms with Crippen LogP contribution in [0.25, 0.3) is 0 Å². The average molecular weight is 251 g/mol. The maximum Gasteiger partial charge on any atom is 0.238 e. The second kappa shape index (κ2) is 4.31. The standard InChI is InChI=1S/C13H15ClN2O/c14-10-6-2-1-5-9(10)12-15-13(17)11-7-3-4-8-16(11)12/h1-2,5-6,11-12H,3-4,7-8H2,(H,15,17). The van der Waals surface area contributed by atoms with Crippen molar-refractivity contribution in [2.75, 3.05) is 6.54 Å². The highest BCUT2D eigenvalue weighted by Crippen LogP contribution is 2.34. The van der Waals surface area contributed by atoms with Crippen LogP contribution in [-0.2, 0) is 4.79 Å². The topological polar surface area (TPSA) is 32.3 Å². The summed E-state index contributed by atoms with van der Waals surface area (Å²) in [5.41, 5.74) is 1.01. The Morgan fingerprint density at radius 1 is 1.29 bits per heavy atom. The van der Waals surface area contributed by atoms with E-state index >= 15 is 0 Å². The van der Waals surface area contributed by atoms with Crippen molar-refractivity contribution in [2.24, 2.45) is 0 Å². The molecule has 1 N–H and O–H groups in total. The predicted molar refractivity (Wildman–Crippen MR) is 66.7 cm³/mol. The van der Waals surface area contributed by atoms with Gasteiger partial charge >= 0.3 is 0 Å². The smallest absolute Gasteiger partial charge is 0.238 e. The fourth-order valence-corrected chi connectivity index (χ4v) is 3.05. The van der Waals surface area contributed by atoms with E-state index in [0.29, 0.717) is 0 Å². The van der Waals surface area contributed by atoms with Crippen LogP contribution >= 0.6 is 11.6 Å². The molecule has 0 aromatic heterocycles. The van der Waals surface area contributed by atoms with E-state index in [1.54, 1.807) is 0 Å². The molecule has 90 valence electrons. The zero-order valence-corrected chi connectivity index (χ0v) is 10.3. The number of carbonyl (C=O) groups is 1. The van der Waals surface area contributed by atoms with Gasteiger partial charge in [0.25, 0.3) is 0 Å². The van der Waals surface area contributed by atoms with Crippen molar-refractivity contribution in [1.82, 2.24) is 10.2 Å². The molecule has 0 aliphatic carbocycles. The first-order valence-corrected chi connectivity index (χ1v) is 6.46. The third-order valence-corrected chi connectivity index (χ3v) is 4.00. The summed E-state index contributed by atoms with van der Waals surface area (Å²) in [5.74, 6) is 0.148. The largest absolute Gasteiger partial charge is 0.335 e. The molecule has 4 heteroatoms. The zero-order valence-electron chi connectivity index (χ0n) is 9.53. The highest BCUT2D eigenvalue weighted by Gasteiger charge is 2.41. The van der Waals surface area contributed by atoms with Crippen LogP contribution in [0.5, 0.6) is 0 Å². The molecule has 2 fully saturated rings. The number of hydrogen-bond donors (Lipinski definition) is 1. The summed E-state index contributed by atoms with van der Waals surface area (Å²) < 4.78 is 0. The van der Waals surface area contributed by atoms with Crippen LogP contribution < -0.4 is 5.32 Å². The molecule has 2 atom stereocenters. The fourth-order valence-electron chi connectivity index (χ4n) is 2.81. The number of rotatable bonds is 1. The average Bonchev–Trinajstić information content (AvgIpc) is 2.68. The van der Waals surface area contributed by atoms with E-state index in [4.69, 9.17) is 11.6 Å². The van der Waals surface area contributed by atoms with E-state index in [2.05, 4.69) is 10.2 Å². The third-order valence-electron chi connectivity index (χ3n) is 3.66.